The zero-order chi connectivity index (χ0) is 20.1. The Hall–Kier alpha value is -2.92. The molecule has 0 atom stereocenters. The number of aromatic nitrogens is 2. The summed E-state index contributed by atoms with van der Waals surface area (Å²) >= 11 is 6.23. The summed E-state index contributed by atoms with van der Waals surface area (Å²) in [6.45, 7) is 4.47. The van der Waals surface area contributed by atoms with Gasteiger partial charge < -0.3 is 4.74 Å². The Labute approximate surface area is 168 Å². The lowest BCUT2D eigenvalue weighted by molar-refractivity contribution is -0.138. The van der Waals surface area contributed by atoms with Crippen LogP contribution in [0.1, 0.15) is 28.1 Å². The summed E-state index contributed by atoms with van der Waals surface area (Å²) in [7, 11) is 0. The van der Waals surface area contributed by atoms with E-state index in [1.165, 1.54) is 18.2 Å². The lowest BCUT2D eigenvalue weighted by atomic mass is 10.1. The Bertz CT molecular complexity index is 1010. The number of nitrogens with zero attached hydrogens (tertiary/aromatic N) is 2. The summed E-state index contributed by atoms with van der Waals surface area (Å²) in [5.41, 5.74) is 4.31. The number of aryl methyl sites for hydroxylation is 1. The molecular weight excluding hydrogens is 379 g/mol. The first-order chi connectivity index (χ1) is 13.4. The number of hydrogen-bond donors (Lipinski definition) is 0. The highest BCUT2D eigenvalue weighted by atomic mass is 35.5. The fraction of sp³-hybridized carbons (Fsp3) is 0.182. The van der Waals surface area contributed by atoms with Gasteiger partial charge in [-0.3, -0.25) is 4.68 Å². The molecule has 1 aromatic heterocycles. The molecular formula is C22H20ClFN2O2. The molecule has 0 radical (unpaired) electrons. The van der Waals surface area contributed by atoms with Gasteiger partial charge in [0.15, 0.2) is 0 Å². The number of carbonyl (C=O) groups excluding carboxylic acids is 1. The van der Waals surface area contributed by atoms with Gasteiger partial charge in [0.05, 0.1) is 12.2 Å². The van der Waals surface area contributed by atoms with Crippen LogP contribution in [0.5, 0.6) is 0 Å². The lowest BCUT2D eigenvalue weighted by Crippen LogP contribution is -2.04. The average molecular weight is 399 g/mol. The monoisotopic (exact) mass is 398 g/mol. The van der Waals surface area contributed by atoms with Crippen molar-refractivity contribution in [3.8, 4) is 0 Å². The predicted octanol–water partition coefficient (Wildman–Crippen LogP) is 5.10. The van der Waals surface area contributed by atoms with E-state index in [-0.39, 0.29) is 12.4 Å². The van der Waals surface area contributed by atoms with E-state index >= 15 is 0 Å². The topological polar surface area (TPSA) is 44.1 Å². The summed E-state index contributed by atoms with van der Waals surface area (Å²) in [4.78, 5) is 12.0. The van der Waals surface area contributed by atoms with E-state index in [4.69, 9.17) is 16.3 Å². The highest BCUT2D eigenvalue weighted by molar-refractivity contribution is 6.31. The van der Waals surface area contributed by atoms with Crippen molar-refractivity contribution >= 4 is 23.6 Å². The van der Waals surface area contributed by atoms with Crippen LogP contribution in [0.3, 0.4) is 0 Å². The Morgan fingerprint density at radius 2 is 1.89 bits per heavy atom. The molecule has 4 nitrogen and oxygen atoms in total. The molecule has 0 spiro atoms. The van der Waals surface area contributed by atoms with Gasteiger partial charge >= 0.3 is 5.97 Å². The number of hydrogen-bond acceptors (Lipinski definition) is 3. The molecule has 3 aromatic rings. The van der Waals surface area contributed by atoms with Crippen molar-refractivity contribution in [1.82, 2.24) is 9.78 Å². The van der Waals surface area contributed by atoms with Crippen molar-refractivity contribution in [3.05, 3.63) is 93.5 Å². The normalized spacial score (nSPS) is 11.1. The SMILES string of the molecule is Cc1nn(Cc2ccccc2Cl)c(C)c1/C=C/C(=O)OCc1ccc(F)cc1. The molecule has 0 aliphatic rings. The zero-order valence-electron chi connectivity index (χ0n) is 15.7. The van der Waals surface area contributed by atoms with Gasteiger partial charge in [-0.2, -0.15) is 5.10 Å². The first-order valence-corrected chi connectivity index (χ1v) is 9.18. The van der Waals surface area contributed by atoms with Gasteiger partial charge in [-0.25, -0.2) is 9.18 Å². The van der Waals surface area contributed by atoms with E-state index in [0.29, 0.717) is 11.6 Å². The molecule has 0 bridgehead atoms. The molecule has 2 aromatic carbocycles. The molecule has 144 valence electrons. The molecule has 6 heteroatoms. The molecule has 0 saturated heterocycles. The molecule has 0 N–H and O–H groups in total. The summed E-state index contributed by atoms with van der Waals surface area (Å²) < 4.78 is 20.0. The quantitative estimate of drug-likeness (QED) is 0.428. The van der Waals surface area contributed by atoms with E-state index in [1.807, 2.05) is 42.8 Å². The van der Waals surface area contributed by atoms with Crippen molar-refractivity contribution in [2.24, 2.45) is 0 Å². The Morgan fingerprint density at radius 3 is 2.61 bits per heavy atom. The van der Waals surface area contributed by atoms with E-state index < -0.39 is 5.97 Å². The molecule has 0 aliphatic carbocycles. The largest absolute Gasteiger partial charge is 0.458 e. The third-order valence-corrected chi connectivity index (χ3v) is 4.76. The van der Waals surface area contributed by atoms with Crippen molar-refractivity contribution in [3.63, 3.8) is 0 Å². The van der Waals surface area contributed by atoms with Crippen LogP contribution < -0.4 is 0 Å². The van der Waals surface area contributed by atoms with Crippen molar-refractivity contribution in [1.29, 1.82) is 0 Å². The number of halogens is 2. The number of esters is 1. The second kappa shape index (κ2) is 8.85. The molecule has 0 unspecified atom stereocenters. The van der Waals surface area contributed by atoms with Crippen molar-refractivity contribution in [2.45, 2.75) is 27.0 Å². The Balaban J connectivity index is 1.66. The second-order valence-electron chi connectivity index (χ2n) is 6.40. The smallest absolute Gasteiger partial charge is 0.331 e. The van der Waals surface area contributed by atoms with Crippen LogP contribution in [-0.4, -0.2) is 15.7 Å². The molecule has 0 amide bonds. The van der Waals surface area contributed by atoms with Crippen LogP contribution in [0.2, 0.25) is 5.02 Å². The van der Waals surface area contributed by atoms with Crippen LogP contribution in [0.15, 0.2) is 54.6 Å². The van der Waals surface area contributed by atoms with E-state index in [9.17, 15) is 9.18 Å². The average Bonchev–Trinajstić information content (AvgIpc) is 2.94. The summed E-state index contributed by atoms with van der Waals surface area (Å²) in [6.07, 6.45) is 3.08. The molecule has 3 rings (SSSR count). The van der Waals surface area contributed by atoms with Crippen LogP contribution in [0.4, 0.5) is 4.39 Å². The molecule has 1 heterocycles. The predicted molar refractivity (Wildman–Crippen MR) is 107 cm³/mol. The second-order valence-corrected chi connectivity index (χ2v) is 6.81. The molecule has 0 fully saturated rings. The maximum atomic E-state index is 12.9. The minimum absolute atomic E-state index is 0.0905. The summed E-state index contributed by atoms with van der Waals surface area (Å²) in [6, 6.07) is 13.5. The highest BCUT2D eigenvalue weighted by Crippen LogP contribution is 2.20. The van der Waals surface area contributed by atoms with Gasteiger partial charge in [-0.1, -0.05) is 41.9 Å². The maximum absolute atomic E-state index is 12.9. The van der Waals surface area contributed by atoms with E-state index in [1.54, 1.807) is 18.2 Å². The minimum Gasteiger partial charge on any atom is -0.458 e. The van der Waals surface area contributed by atoms with E-state index in [2.05, 4.69) is 5.10 Å². The Morgan fingerprint density at radius 1 is 1.18 bits per heavy atom. The van der Waals surface area contributed by atoms with E-state index in [0.717, 1.165) is 28.1 Å². The number of benzene rings is 2. The third kappa shape index (κ3) is 4.87. The minimum atomic E-state index is -0.470. The zero-order valence-corrected chi connectivity index (χ0v) is 16.4. The van der Waals surface area contributed by atoms with Crippen LogP contribution in [-0.2, 0) is 22.7 Å². The Kier molecular flexibility index (Phi) is 6.26. The number of rotatable bonds is 6. The van der Waals surface area contributed by atoms with Crippen molar-refractivity contribution < 1.29 is 13.9 Å². The first kappa shape index (κ1) is 19.8. The van der Waals surface area contributed by atoms with Gasteiger partial charge in [-0.05, 0) is 49.2 Å². The van der Waals surface area contributed by atoms with Gasteiger partial charge in [-0.15, -0.1) is 0 Å². The van der Waals surface area contributed by atoms with Crippen molar-refractivity contribution in [2.75, 3.05) is 0 Å². The van der Waals surface area contributed by atoms with Gasteiger partial charge in [0.1, 0.15) is 12.4 Å². The van der Waals surface area contributed by atoms with Crippen LogP contribution in [0.25, 0.3) is 6.08 Å². The lowest BCUT2D eigenvalue weighted by Gasteiger charge is -2.06. The number of carbonyl (C=O) groups is 1. The third-order valence-electron chi connectivity index (χ3n) is 4.40. The molecule has 0 aliphatic heterocycles. The molecule has 28 heavy (non-hydrogen) atoms. The van der Waals surface area contributed by atoms with Gasteiger partial charge in [0.2, 0.25) is 0 Å². The highest BCUT2D eigenvalue weighted by Gasteiger charge is 2.11. The van der Waals surface area contributed by atoms with Crippen LogP contribution in [0, 0.1) is 19.7 Å². The van der Waals surface area contributed by atoms with Crippen LogP contribution >= 0.6 is 11.6 Å². The fourth-order valence-corrected chi connectivity index (χ4v) is 3.02. The standard InChI is InChI=1S/C22H20ClFN2O2/c1-15-20(11-12-22(27)28-14-17-7-9-19(24)10-8-17)16(2)26(25-15)13-18-5-3-4-6-21(18)23/h3-12H,13-14H2,1-2H3/b12-11+. The van der Waals surface area contributed by atoms with Gasteiger partial charge in [0.25, 0.3) is 0 Å². The summed E-state index contributed by atoms with van der Waals surface area (Å²) in [5.74, 6) is -0.795. The fourth-order valence-electron chi connectivity index (χ4n) is 2.83. The summed E-state index contributed by atoms with van der Waals surface area (Å²) in [5, 5.41) is 5.24. The molecule has 0 saturated carbocycles. The van der Waals surface area contributed by atoms with Gasteiger partial charge in [0, 0.05) is 22.4 Å². The first-order valence-electron chi connectivity index (χ1n) is 8.80. The maximum Gasteiger partial charge on any atom is 0.331 e. The number of ether oxygens (including phenoxy) is 1.